The molecule has 0 unspecified atom stereocenters. The summed E-state index contributed by atoms with van der Waals surface area (Å²) in [7, 11) is 0. The summed E-state index contributed by atoms with van der Waals surface area (Å²) in [6.45, 7) is 3.96. The summed E-state index contributed by atoms with van der Waals surface area (Å²) in [6, 6.07) is 25.6. The number of halogens is 2. The Bertz CT molecular complexity index is 1590. The van der Waals surface area contributed by atoms with Gasteiger partial charge in [-0.3, -0.25) is 14.4 Å². The van der Waals surface area contributed by atoms with Crippen LogP contribution in [-0.4, -0.2) is 23.5 Å². The molecule has 0 saturated carbocycles. The molecular formula is C32H27BrFN3O3S. The molecule has 0 bridgehead atoms. The minimum atomic E-state index is -0.743. The van der Waals surface area contributed by atoms with E-state index in [2.05, 4.69) is 31.9 Å². The number of nitrogens with one attached hydrogen (secondary N) is 3. The number of thioether (sulfide) groups is 1. The van der Waals surface area contributed by atoms with Crippen molar-refractivity contribution in [3.05, 3.63) is 129 Å². The fourth-order valence-electron chi connectivity index (χ4n) is 3.94. The molecular weight excluding hydrogens is 605 g/mol. The molecule has 0 atom stereocenters. The lowest BCUT2D eigenvalue weighted by Crippen LogP contribution is -2.31. The highest BCUT2D eigenvalue weighted by atomic mass is 79.9. The van der Waals surface area contributed by atoms with Crippen molar-refractivity contribution in [2.45, 2.75) is 18.7 Å². The van der Waals surface area contributed by atoms with Crippen molar-refractivity contribution in [3.8, 4) is 0 Å². The Morgan fingerprint density at radius 1 is 0.829 bits per heavy atom. The van der Waals surface area contributed by atoms with Gasteiger partial charge in [-0.2, -0.15) is 0 Å². The molecule has 4 aromatic rings. The topological polar surface area (TPSA) is 87.3 Å². The van der Waals surface area contributed by atoms with Gasteiger partial charge in [0, 0.05) is 20.7 Å². The predicted molar refractivity (Wildman–Crippen MR) is 166 cm³/mol. The van der Waals surface area contributed by atoms with Crippen LogP contribution < -0.4 is 16.0 Å². The Balaban J connectivity index is 1.41. The van der Waals surface area contributed by atoms with Crippen LogP contribution in [0.15, 0.2) is 106 Å². The maximum absolute atomic E-state index is 14.2. The SMILES string of the molecule is Cc1cc(C)cc(NC(=O)CSc2ccc(NC(=O)/C(=C\c3ccc(Br)cc3)NC(=O)c3ccccc3F)cc2)c1. The number of hydrogen-bond donors (Lipinski definition) is 3. The van der Waals surface area contributed by atoms with Crippen LogP contribution in [0.4, 0.5) is 15.8 Å². The van der Waals surface area contributed by atoms with Crippen LogP contribution in [0.5, 0.6) is 0 Å². The van der Waals surface area contributed by atoms with E-state index in [1.165, 1.54) is 36.0 Å². The van der Waals surface area contributed by atoms with Crippen molar-refractivity contribution in [1.29, 1.82) is 0 Å². The highest BCUT2D eigenvalue weighted by Crippen LogP contribution is 2.22. The fraction of sp³-hybridized carbons (Fsp3) is 0.0938. The summed E-state index contributed by atoms with van der Waals surface area (Å²) in [5, 5.41) is 8.22. The first kappa shape index (κ1) is 29.8. The minimum Gasteiger partial charge on any atom is -0.325 e. The van der Waals surface area contributed by atoms with Crippen LogP contribution in [0.2, 0.25) is 0 Å². The van der Waals surface area contributed by atoms with Gasteiger partial charge >= 0.3 is 0 Å². The minimum absolute atomic E-state index is 0.0536. The molecule has 0 saturated heterocycles. The summed E-state index contributed by atoms with van der Waals surface area (Å²) >= 11 is 4.74. The smallest absolute Gasteiger partial charge is 0.272 e. The van der Waals surface area contributed by atoms with Crippen LogP contribution in [0.25, 0.3) is 6.08 Å². The molecule has 0 aliphatic heterocycles. The molecule has 3 N–H and O–H groups in total. The molecule has 0 aliphatic rings. The number of carbonyl (C=O) groups excluding carboxylic acids is 3. The van der Waals surface area contributed by atoms with Crippen molar-refractivity contribution in [3.63, 3.8) is 0 Å². The summed E-state index contributed by atoms with van der Waals surface area (Å²) in [6.07, 6.45) is 1.51. The molecule has 0 aromatic heterocycles. The Kier molecular flexibility index (Phi) is 10.1. The Morgan fingerprint density at radius 2 is 1.49 bits per heavy atom. The van der Waals surface area contributed by atoms with Crippen molar-refractivity contribution < 1.29 is 18.8 Å². The zero-order valence-corrected chi connectivity index (χ0v) is 24.7. The summed E-state index contributed by atoms with van der Waals surface area (Å²) in [4.78, 5) is 39.2. The molecule has 0 aliphatic carbocycles. The second-order valence-corrected chi connectivity index (χ2v) is 11.2. The number of rotatable bonds is 9. The number of aryl methyl sites for hydroxylation is 2. The van der Waals surface area contributed by atoms with Crippen molar-refractivity contribution >= 4 is 62.9 Å². The average Bonchev–Trinajstić information content (AvgIpc) is 2.93. The molecule has 0 spiro atoms. The lowest BCUT2D eigenvalue weighted by molar-refractivity contribution is -0.114. The van der Waals surface area contributed by atoms with Gasteiger partial charge in [-0.25, -0.2) is 4.39 Å². The van der Waals surface area contributed by atoms with Gasteiger partial charge in [-0.05, 0) is 97.3 Å². The molecule has 4 rings (SSSR count). The van der Waals surface area contributed by atoms with Crippen molar-refractivity contribution in [2.24, 2.45) is 0 Å². The average molecular weight is 633 g/mol. The van der Waals surface area contributed by atoms with Crippen LogP contribution in [0.3, 0.4) is 0 Å². The molecule has 0 heterocycles. The van der Waals surface area contributed by atoms with E-state index in [-0.39, 0.29) is 22.9 Å². The number of amides is 3. The number of anilines is 2. The second-order valence-electron chi connectivity index (χ2n) is 9.24. The van der Waals surface area contributed by atoms with Crippen molar-refractivity contribution in [1.82, 2.24) is 5.32 Å². The molecule has 0 fully saturated rings. The summed E-state index contributed by atoms with van der Waals surface area (Å²) < 4.78 is 15.0. The Morgan fingerprint density at radius 3 is 2.15 bits per heavy atom. The fourth-order valence-corrected chi connectivity index (χ4v) is 4.91. The highest BCUT2D eigenvalue weighted by molar-refractivity contribution is 9.10. The number of carbonyl (C=O) groups is 3. The zero-order chi connectivity index (χ0) is 29.4. The third-order valence-corrected chi connectivity index (χ3v) is 7.32. The Labute approximate surface area is 250 Å². The molecule has 208 valence electrons. The number of benzene rings is 4. The quantitative estimate of drug-likeness (QED) is 0.133. The largest absolute Gasteiger partial charge is 0.325 e. The van der Waals surface area contributed by atoms with E-state index >= 15 is 0 Å². The van der Waals surface area contributed by atoms with Gasteiger partial charge < -0.3 is 16.0 Å². The monoisotopic (exact) mass is 631 g/mol. The molecule has 6 nitrogen and oxygen atoms in total. The van der Waals surface area contributed by atoms with Gasteiger partial charge in [0.1, 0.15) is 11.5 Å². The normalized spacial score (nSPS) is 11.1. The van der Waals surface area contributed by atoms with Crippen LogP contribution in [0.1, 0.15) is 27.0 Å². The van der Waals surface area contributed by atoms with Crippen LogP contribution >= 0.6 is 27.7 Å². The van der Waals surface area contributed by atoms with Crippen LogP contribution in [0, 0.1) is 19.7 Å². The molecule has 4 aromatic carbocycles. The summed E-state index contributed by atoms with van der Waals surface area (Å²) in [5.41, 5.74) is 3.84. The standard InChI is InChI=1S/C32H27BrFN3O3S/c1-20-15-21(2)17-25(16-20)35-30(38)19-41-26-13-11-24(12-14-26)36-32(40)29(18-22-7-9-23(33)10-8-22)37-31(39)27-5-3-4-6-28(27)34/h3-18H,19H2,1-2H3,(H,35,38)(H,36,40)(H,37,39)/b29-18+. The lowest BCUT2D eigenvalue weighted by Gasteiger charge is -2.12. The van der Waals surface area contributed by atoms with E-state index < -0.39 is 17.6 Å². The number of hydrogen-bond acceptors (Lipinski definition) is 4. The van der Waals surface area contributed by atoms with Gasteiger partial charge in [0.05, 0.1) is 11.3 Å². The lowest BCUT2D eigenvalue weighted by atomic mass is 10.1. The van der Waals surface area contributed by atoms with E-state index in [0.29, 0.717) is 11.3 Å². The van der Waals surface area contributed by atoms with Crippen molar-refractivity contribution in [2.75, 3.05) is 16.4 Å². The predicted octanol–water partition coefficient (Wildman–Crippen LogP) is 7.35. The van der Waals surface area contributed by atoms with Gasteiger partial charge in [0.25, 0.3) is 11.8 Å². The van der Waals surface area contributed by atoms with E-state index in [1.807, 2.05) is 32.0 Å². The molecule has 0 radical (unpaired) electrons. The maximum atomic E-state index is 14.2. The molecule has 9 heteroatoms. The van der Waals surface area contributed by atoms with Gasteiger partial charge in [0.15, 0.2) is 0 Å². The highest BCUT2D eigenvalue weighted by Gasteiger charge is 2.17. The van der Waals surface area contributed by atoms with Gasteiger partial charge in [-0.1, -0.05) is 46.3 Å². The second kappa shape index (κ2) is 13.9. The van der Waals surface area contributed by atoms with E-state index in [0.717, 1.165) is 26.2 Å². The zero-order valence-electron chi connectivity index (χ0n) is 22.3. The third kappa shape index (κ3) is 8.89. The third-order valence-electron chi connectivity index (χ3n) is 5.78. The van der Waals surface area contributed by atoms with Crippen LogP contribution in [-0.2, 0) is 9.59 Å². The van der Waals surface area contributed by atoms with E-state index in [9.17, 15) is 18.8 Å². The maximum Gasteiger partial charge on any atom is 0.272 e. The first-order chi connectivity index (χ1) is 19.7. The molecule has 3 amide bonds. The van der Waals surface area contributed by atoms with E-state index in [4.69, 9.17) is 0 Å². The summed E-state index contributed by atoms with van der Waals surface area (Å²) in [5.74, 6) is -1.91. The van der Waals surface area contributed by atoms with E-state index in [1.54, 1.807) is 54.6 Å². The van der Waals surface area contributed by atoms with Gasteiger partial charge in [0.2, 0.25) is 5.91 Å². The van der Waals surface area contributed by atoms with Gasteiger partial charge in [-0.15, -0.1) is 11.8 Å². The first-order valence-electron chi connectivity index (χ1n) is 12.6. The first-order valence-corrected chi connectivity index (χ1v) is 14.4. The Hall–Kier alpha value is -4.21. The molecule has 41 heavy (non-hydrogen) atoms.